The molecule has 23 heavy (non-hydrogen) atoms. The van der Waals surface area contributed by atoms with Gasteiger partial charge < -0.3 is 14.7 Å². The molecule has 2 aliphatic heterocycles. The van der Waals surface area contributed by atoms with Crippen LogP contribution in [0, 0.1) is 17.2 Å². The molecule has 0 unspecified atom stereocenters. The molecule has 0 bridgehead atoms. The van der Waals surface area contributed by atoms with Crippen LogP contribution < -0.4 is 0 Å². The molecule has 2 heterocycles. The molecule has 1 aromatic rings. The lowest BCUT2D eigenvalue weighted by molar-refractivity contribution is -0.157. The number of carboxylic acids is 1. The Bertz CT molecular complexity index is 653. The van der Waals surface area contributed by atoms with Crippen LogP contribution in [0.3, 0.4) is 0 Å². The Morgan fingerprint density at radius 3 is 2.91 bits per heavy atom. The fourth-order valence-corrected chi connectivity index (χ4v) is 3.67. The summed E-state index contributed by atoms with van der Waals surface area (Å²) in [5.74, 6) is -1.64. The van der Waals surface area contributed by atoms with Crippen molar-refractivity contribution in [2.75, 3.05) is 26.3 Å². The molecule has 0 radical (unpaired) electrons. The second kappa shape index (κ2) is 6.20. The molecule has 2 atom stereocenters. The van der Waals surface area contributed by atoms with E-state index in [0.717, 1.165) is 0 Å². The molecule has 0 aliphatic carbocycles. The van der Waals surface area contributed by atoms with Crippen LogP contribution in [-0.4, -0.2) is 48.2 Å². The molecule has 1 amide bonds. The van der Waals surface area contributed by atoms with Gasteiger partial charge in [-0.05, 0) is 40.0 Å². The van der Waals surface area contributed by atoms with E-state index >= 15 is 0 Å². The van der Waals surface area contributed by atoms with Crippen LogP contribution in [0.25, 0.3) is 0 Å². The van der Waals surface area contributed by atoms with Gasteiger partial charge >= 0.3 is 5.97 Å². The average molecular weight is 386 g/mol. The number of ether oxygens (including phenoxy) is 1. The van der Waals surface area contributed by atoms with Crippen molar-refractivity contribution >= 4 is 27.8 Å². The molecule has 2 aliphatic rings. The largest absolute Gasteiger partial charge is 0.481 e. The smallest absolute Gasteiger partial charge is 0.311 e. The van der Waals surface area contributed by atoms with E-state index in [1.807, 2.05) is 0 Å². The maximum atomic E-state index is 13.5. The normalized spacial score (nSPS) is 26.9. The van der Waals surface area contributed by atoms with Gasteiger partial charge in [0.25, 0.3) is 0 Å². The highest BCUT2D eigenvalue weighted by molar-refractivity contribution is 9.10. The standard InChI is InChI=1S/C16H17BrFNO4/c17-12-2-1-10(5-13(12)18)6-14(20)19-7-11-8-23-4-3-16(11,9-19)15(21)22/h1-2,5,11H,3-4,6-9H2,(H,21,22)/t11-,16+/m0/s1. The lowest BCUT2D eigenvalue weighted by Gasteiger charge is -2.33. The van der Waals surface area contributed by atoms with E-state index in [1.165, 1.54) is 6.07 Å². The molecular formula is C16H17BrFNO4. The van der Waals surface area contributed by atoms with Crippen LogP contribution in [0.2, 0.25) is 0 Å². The molecule has 3 rings (SSSR count). The van der Waals surface area contributed by atoms with Gasteiger partial charge in [0.1, 0.15) is 5.82 Å². The summed E-state index contributed by atoms with van der Waals surface area (Å²) in [6.07, 6.45) is 0.483. The van der Waals surface area contributed by atoms with Gasteiger partial charge in [-0.25, -0.2) is 4.39 Å². The number of hydrogen-bond donors (Lipinski definition) is 1. The van der Waals surface area contributed by atoms with Crippen molar-refractivity contribution in [3.63, 3.8) is 0 Å². The summed E-state index contributed by atoms with van der Waals surface area (Å²) in [7, 11) is 0. The third-order valence-electron chi connectivity index (χ3n) is 4.82. The van der Waals surface area contributed by atoms with Crippen molar-refractivity contribution in [1.82, 2.24) is 4.90 Å². The maximum Gasteiger partial charge on any atom is 0.311 e. The summed E-state index contributed by atoms with van der Waals surface area (Å²) in [6.45, 7) is 1.35. The minimum Gasteiger partial charge on any atom is -0.481 e. The van der Waals surface area contributed by atoms with Crippen molar-refractivity contribution < 1.29 is 23.8 Å². The average Bonchev–Trinajstić information content (AvgIpc) is 2.92. The first kappa shape index (κ1) is 16.4. The molecule has 0 spiro atoms. The second-order valence-electron chi connectivity index (χ2n) is 6.18. The first-order valence-electron chi connectivity index (χ1n) is 7.45. The highest BCUT2D eigenvalue weighted by Gasteiger charge is 2.54. The lowest BCUT2D eigenvalue weighted by atomic mass is 9.74. The fourth-order valence-electron chi connectivity index (χ4n) is 3.43. The quantitative estimate of drug-likeness (QED) is 0.864. The van der Waals surface area contributed by atoms with Gasteiger partial charge in [0.15, 0.2) is 0 Å². The van der Waals surface area contributed by atoms with Gasteiger partial charge in [-0.15, -0.1) is 0 Å². The molecule has 2 fully saturated rings. The summed E-state index contributed by atoms with van der Waals surface area (Å²) in [5, 5.41) is 9.61. The highest BCUT2D eigenvalue weighted by atomic mass is 79.9. The van der Waals surface area contributed by atoms with E-state index in [1.54, 1.807) is 17.0 Å². The Balaban J connectivity index is 1.73. The first-order valence-corrected chi connectivity index (χ1v) is 8.24. The number of carboxylic acid groups (broad SMARTS) is 1. The molecule has 1 aromatic carbocycles. The van der Waals surface area contributed by atoms with Crippen LogP contribution in [0.4, 0.5) is 4.39 Å². The van der Waals surface area contributed by atoms with Crippen LogP contribution in [0.15, 0.2) is 22.7 Å². The second-order valence-corrected chi connectivity index (χ2v) is 7.04. The van der Waals surface area contributed by atoms with Crippen molar-refractivity contribution in [1.29, 1.82) is 0 Å². The molecule has 1 N–H and O–H groups in total. The third-order valence-corrected chi connectivity index (χ3v) is 5.47. The zero-order chi connectivity index (χ0) is 16.6. The summed E-state index contributed by atoms with van der Waals surface area (Å²) < 4.78 is 19.3. The Kier molecular flexibility index (Phi) is 4.42. The van der Waals surface area contributed by atoms with Crippen LogP contribution in [-0.2, 0) is 20.7 Å². The third kappa shape index (κ3) is 2.99. The van der Waals surface area contributed by atoms with E-state index in [9.17, 15) is 19.1 Å². The maximum absolute atomic E-state index is 13.5. The Morgan fingerprint density at radius 2 is 2.26 bits per heavy atom. The molecule has 0 saturated carbocycles. The van der Waals surface area contributed by atoms with E-state index < -0.39 is 17.2 Å². The topological polar surface area (TPSA) is 66.8 Å². The number of rotatable bonds is 3. The predicted molar refractivity (Wildman–Crippen MR) is 83.4 cm³/mol. The number of amides is 1. The number of benzene rings is 1. The van der Waals surface area contributed by atoms with Crippen molar-refractivity contribution in [2.24, 2.45) is 11.3 Å². The number of nitrogens with zero attached hydrogens (tertiary/aromatic N) is 1. The van der Waals surface area contributed by atoms with E-state index in [-0.39, 0.29) is 24.8 Å². The summed E-state index contributed by atoms with van der Waals surface area (Å²) >= 11 is 3.08. The number of halogens is 2. The first-order chi connectivity index (χ1) is 10.9. The SMILES string of the molecule is O=C(Cc1ccc(Br)c(F)c1)N1C[C@H]2COCC[C@@]2(C(=O)O)C1. The number of fused-ring (bicyclic) bond motifs is 1. The van der Waals surface area contributed by atoms with E-state index in [2.05, 4.69) is 15.9 Å². The number of hydrogen-bond acceptors (Lipinski definition) is 3. The summed E-state index contributed by atoms with van der Waals surface area (Å²) in [5.41, 5.74) is -0.329. The fraction of sp³-hybridized carbons (Fsp3) is 0.500. The Labute approximate surface area is 141 Å². The summed E-state index contributed by atoms with van der Waals surface area (Å²) in [4.78, 5) is 25.8. The van der Waals surface area contributed by atoms with E-state index in [4.69, 9.17) is 4.74 Å². The number of likely N-dealkylation sites (tertiary alicyclic amines) is 1. The van der Waals surface area contributed by atoms with Crippen LogP contribution in [0.5, 0.6) is 0 Å². The number of carbonyl (C=O) groups is 2. The van der Waals surface area contributed by atoms with Gasteiger partial charge in [0, 0.05) is 25.6 Å². The summed E-state index contributed by atoms with van der Waals surface area (Å²) in [6, 6.07) is 4.57. The molecule has 5 nitrogen and oxygen atoms in total. The predicted octanol–water partition coefficient (Wildman–Crippen LogP) is 2.08. The molecular weight excluding hydrogens is 369 g/mol. The van der Waals surface area contributed by atoms with Gasteiger partial charge in [0.05, 0.1) is 22.9 Å². The number of aliphatic carboxylic acids is 1. The molecule has 0 aromatic heterocycles. The van der Waals surface area contributed by atoms with Gasteiger partial charge in [-0.2, -0.15) is 0 Å². The van der Waals surface area contributed by atoms with Crippen molar-refractivity contribution in [2.45, 2.75) is 12.8 Å². The Hall–Kier alpha value is -1.47. The molecule has 2 saturated heterocycles. The molecule has 7 heteroatoms. The monoisotopic (exact) mass is 385 g/mol. The van der Waals surface area contributed by atoms with Gasteiger partial charge in [0.2, 0.25) is 5.91 Å². The van der Waals surface area contributed by atoms with Crippen molar-refractivity contribution in [3.8, 4) is 0 Å². The minimum atomic E-state index is -0.904. The zero-order valence-corrected chi connectivity index (χ0v) is 14.0. The van der Waals surface area contributed by atoms with Crippen LogP contribution >= 0.6 is 15.9 Å². The zero-order valence-electron chi connectivity index (χ0n) is 12.4. The lowest BCUT2D eigenvalue weighted by Crippen LogP contribution is -2.45. The Morgan fingerprint density at radius 1 is 1.48 bits per heavy atom. The van der Waals surface area contributed by atoms with E-state index in [0.29, 0.717) is 36.2 Å². The highest BCUT2D eigenvalue weighted by Crippen LogP contribution is 2.42. The van der Waals surface area contributed by atoms with Gasteiger partial charge in [-0.3, -0.25) is 9.59 Å². The minimum absolute atomic E-state index is 0.0630. The van der Waals surface area contributed by atoms with Crippen molar-refractivity contribution in [3.05, 3.63) is 34.1 Å². The van der Waals surface area contributed by atoms with Crippen LogP contribution in [0.1, 0.15) is 12.0 Å². The molecule has 124 valence electrons. The van der Waals surface area contributed by atoms with Gasteiger partial charge in [-0.1, -0.05) is 6.07 Å². The number of carbonyl (C=O) groups excluding carboxylic acids is 1.